The maximum absolute atomic E-state index is 13.0. The normalized spacial score (nSPS) is 20.3. The Hall–Kier alpha value is -2.20. The number of hydrogen-bond donors (Lipinski definition) is 1. The van der Waals surface area contributed by atoms with Crippen molar-refractivity contribution in [1.82, 2.24) is 9.79 Å². The predicted octanol–water partition coefficient (Wildman–Crippen LogP) is 2.25. The number of hydrogen-bond acceptors (Lipinski definition) is 6. The van der Waals surface area contributed by atoms with Crippen LogP contribution >= 0.6 is 0 Å². The van der Waals surface area contributed by atoms with E-state index in [4.69, 9.17) is 14.3 Å². The van der Waals surface area contributed by atoms with Crippen molar-refractivity contribution in [2.24, 2.45) is 0 Å². The lowest BCUT2D eigenvalue weighted by Crippen LogP contribution is -2.39. The zero-order valence-electron chi connectivity index (χ0n) is 15.9. The Balaban J connectivity index is 1.87. The Morgan fingerprint density at radius 3 is 2.54 bits per heavy atom. The van der Waals surface area contributed by atoms with Crippen molar-refractivity contribution in [3.63, 3.8) is 0 Å². The Kier molecular flexibility index (Phi) is 6.19. The molecule has 0 bridgehead atoms. The van der Waals surface area contributed by atoms with Gasteiger partial charge in [-0.05, 0) is 23.8 Å². The first-order valence-corrected chi connectivity index (χ1v) is 10.2. The quantitative estimate of drug-likeness (QED) is 0.755. The highest BCUT2D eigenvalue weighted by Crippen LogP contribution is 2.42. The van der Waals surface area contributed by atoms with Crippen LogP contribution in [-0.4, -0.2) is 46.6 Å². The van der Waals surface area contributed by atoms with Crippen LogP contribution < -0.4 is 14.2 Å². The van der Waals surface area contributed by atoms with Gasteiger partial charge < -0.3 is 9.47 Å². The maximum Gasteiger partial charge on any atom is 0.219 e. The molecule has 9 heteroatoms. The van der Waals surface area contributed by atoms with E-state index >= 15 is 0 Å². The van der Waals surface area contributed by atoms with Crippen molar-refractivity contribution in [3.05, 3.63) is 59.4 Å². The summed E-state index contributed by atoms with van der Waals surface area (Å²) in [7, 11) is 0.960. The molecule has 0 radical (unpaired) electrons. The number of sulfonamides is 1. The van der Waals surface area contributed by atoms with Crippen molar-refractivity contribution >= 4 is 10.0 Å². The fourth-order valence-electron chi connectivity index (χ4n) is 3.29. The molecule has 7 nitrogen and oxygen atoms in total. The molecular weight excluding hydrogens is 387 g/mol. The van der Waals surface area contributed by atoms with Crippen LogP contribution in [0.5, 0.6) is 11.5 Å². The van der Waals surface area contributed by atoms with Gasteiger partial charge in [-0.25, -0.2) is 17.5 Å². The first kappa shape index (κ1) is 20.5. The van der Waals surface area contributed by atoms with Crippen molar-refractivity contribution in [3.8, 4) is 11.5 Å². The molecule has 1 fully saturated rings. The number of hydroxylamine groups is 2. The molecule has 2 aromatic carbocycles. The molecule has 1 saturated heterocycles. The number of halogens is 1. The van der Waals surface area contributed by atoms with Gasteiger partial charge >= 0.3 is 0 Å². The zero-order chi connectivity index (χ0) is 20.3. The van der Waals surface area contributed by atoms with E-state index in [-0.39, 0.29) is 19.0 Å². The molecule has 3 rings (SSSR count). The molecule has 28 heavy (non-hydrogen) atoms. The van der Waals surface area contributed by atoms with Crippen molar-refractivity contribution in [1.29, 1.82) is 0 Å². The molecule has 1 heterocycles. The van der Waals surface area contributed by atoms with E-state index in [9.17, 15) is 12.8 Å². The molecule has 2 unspecified atom stereocenters. The Bertz CT molecular complexity index is 920. The van der Waals surface area contributed by atoms with Gasteiger partial charge in [-0.3, -0.25) is 4.84 Å². The first-order chi connectivity index (χ1) is 13.4. The minimum absolute atomic E-state index is 0.000280. The van der Waals surface area contributed by atoms with Crippen LogP contribution in [0.4, 0.5) is 4.39 Å². The second-order valence-corrected chi connectivity index (χ2v) is 8.38. The lowest BCUT2D eigenvalue weighted by Gasteiger charge is -2.25. The van der Waals surface area contributed by atoms with Crippen molar-refractivity contribution in [2.75, 3.05) is 27.9 Å². The molecule has 152 valence electrons. The molecule has 0 spiro atoms. The minimum Gasteiger partial charge on any atom is -0.493 e. The van der Waals surface area contributed by atoms with E-state index in [1.165, 1.54) is 43.5 Å². The average molecular weight is 410 g/mol. The maximum atomic E-state index is 13.0. The van der Waals surface area contributed by atoms with Crippen LogP contribution in [-0.2, 0) is 21.4 Å². The van der Waals surface area contributed by atoms with Crippen LogP contribution in [0.25, 0.3) is 0 Å². The monoisotopic (exact) mass is 410 g/mol. The van der Waals surface area contributed by atoms with Crippen LogP contribution in [0.3, 0.4) is 0 Å². The first-order valence-electron chi connectivity index (χ1n) is 8.67. The van der Waals surface area contributed by atoms with E-state index in [0.717, 1.165) is 0 Å². The largest absolute Gasteiger partial charge is 0.493 e. The fraction of sp³-hybridized carbons (Fsp3) is 0.368. The van der Waals surface area contributed by atoms with Crippen molar-refractivity contribution in [2.45, 2.75) is 17.8 Å². The van der Waals surface area contributed by atoms with Gasteiger partial charge in [-0.1, -0.05) is 24.3 Å². The van der Waals surface area contributed by atoms with E-state index in [1.54, 1.807) is 25.2 Å². The number of benzene rings is 2. The number of methoxy groups -OCH3 is 2. The summed E-state index contributed by atoms with van der Waals surface area (Å²) in [5.74, 6) is 0.601. The Labute approximate surface area is 164 Å². The van der Waals surface area contributed by atoms with Gasteiger partial charge in [-0.15, -0.1) is 0 Å². The van der Waals surface area contributed by atoms with E-state index in [0.29, 0.717) is 22.6 Å². The highest BCUT2D eigenvalue weighted by Gasteiger charge is 2.44. The Morgan fingerprint density at radius 1 is 1.18 bits per heavy atom. The van der Waals surface area contributed by atoms with Gasteiger partial charge in [0.05, 0.1) is 26.9 Å². The third kappa shape index (κ3) is 4.12. The molecule has 2 atom stereocenters. The van der Waals surface area contributed by atoms with E-state index < -0.39 is 21.3 Å². The van der Waals surface area contributed by atoms with Gasteiger partial charge in [-0.2, -0.15) is 5.06 Å². The fourth-order valence-corrected chi connectivity index (χ4v) is 4.77. The number of nitrogens with zero attached hydrogens (tertiary/aromatic N) is 1. The third-order valence-corrected chi connectivity index (χ3v) is 6.47. The summed E-state index contributed by atoms with van der Waals surface area (Å²) in [5, 5.41) is 0.651. The van der Waals surface area contributed by atoms with Crippen LogP contribution in [0.15, 0.2) is 42.5 Å². The van der Waals surface area contributed by atoms with Gasteiger partial charge in [0.25, 0.3) is 0 Å². The number of rotatable bonds is 7. The number of nitrogens with one attached hydrogen (secondary N) is 1. The van der Waals surface area contributed by atoms with E-state index in [1.807, 2.05) is 0 Å². The van der Waals surface area contributed by atoms with Crippen LogP contribution in [0, 0.1) is 5.82 Å². The molecule has 2 aromatic rings. The molecule has 1 aliphatic rings. The zero-order valence-corrected chi connectivity index (χ0v) is 16.7. The SMILES string of the molecule is COc1cccc(C2C(S(=O)(=O)NCc3ccc(F)cc3)CON2C)c1OC. The standard InChI is InChI=1S/C19H23FN2O5S/c1-22-18(15-5-4-6-16(25-2)19(15)26-3)17(12-27-22)28(23,24)21-11-13-7-9-14(20)10-8-13/h4-10,17-18,21H,11-12H2,1-3H3. The predicted molar refractivity (Wildman–Crippen MR) is 102 cm³/mol. The number of para-hydroxylation sites is 1. The summed E-state index contributed by atoms with van der Waals surface area (Å²) in [6, 6.07) is 10.4. The molecule has 0 amide bonds. The smallest absolute Gasteiger partial charge is 0.219 e. The molecule has 1 N–H and O–H groups in total. The molecule has 0 aliphatic carbocycles. The lowest BCUT2D eigenvalue weighted by molar-refractivity contribution is -0.110. The van der Waals surface area contributed by atoms with Crippen LogP contribution in [0.2, 0.25) is 0 Å². The van der Waals surface area contributed by atoms with Crippen molar-refractivity contribution < 1.29 is 27.1 Å². The van der Waals surface area contributed by atoms with Gasteiger partial charge in [0.2, 0.25) is 10.0 Å². The summed E-state index contributed by atoms with van der Waals surface area (Å²) in [6.45, 7) is 0.0606. The molecule has 0 saturated carbocycles. The molecular formula is C19H23FN2O5S. The summed E-state index contributed by atoms with van der Waals surface area (Å²) in [4.78, 5) is 5.53. The Morgan fingerprint density at radius 2 is 1.89 bits per heavy atom. The van der Waals surface area contributed by atoms with Gasteiger partial charge in [0, 0.05) is 19.2 Å². The van der Waals surface area contributed by atoms with Crippen LogP contribution in [0.1, 0.15) is 17.2 Å². The highest BCUT2D eigenvalue weighted by atomic mass is 32.2. The average Bonchev–Trinajstić information content (AvgIpc) is 3.09. The molecule has 0 aromatic heterocycles. The lowest BCUT2D eigenvalue weighted by atomic mass is 10.0. The summed E-state index contributed by atoms with van der Waals surface area (Å²) in [5.41, 5.74) is 1.31. The topological polar surface area (TPSA) is 77.1 Å². The third-order valence-electron chi connectivity index (χ3n) is 4.73. The summed E-state index contributed by atoms with van der Waals surface area (Å²) in [6.07, 6.45) is 0. The summed E-state index contributed by atoms with van der Waals surface area (Å²) >= 11 is 0. The van der Waals surface area contributed by atoms with Gasteiger partial charge in [0.1, 0.15) is 11.1 Å². The van der Waals surface area contributed by atoms with E-state index in [2.05, 4.69) is 4.72 Å². The van der Waals surface area contributed by atoms with Gasteiger partial charge in [0.15, 0.2) is 11.5 Å². The minimum atomic E-state index is -3.75. The second kappa shape index (κ2) is 8.44. The molecule has 1 aliphatic heterocycles. The second-order valence-electron chi connectivity index (χ2n) is 6.40. The highest BCUT2D eigenvalue weighted by molar-refractivity contribution is 7.90. The number of ether oxygens (including phenoxy) is 2. The summed E-state index contributed by atoms with van der Waals surface area (Å²) < 4.78 is 52.4.